The first-order valence-corrected chi connectivity index (χ1v) is 8.83. The van der Waals surface area contributed by atoms with Crippen molar-refractivity contribution >= 4 is 11.6 Å². The van der Waals surface area contributed by atoms with Crippen LogP contribution >= 0.6 is 0 Å². The average molecular weight is 330 g/mol. The highest BCUT2D eigenvalue weighted by molar-refractivity contribution is 6.22. The number of aliphatic hydroxyl groups is 1. The second kappa shape index (κ2) is 6.19. The molecule has 0 aromatic carbocycles. The van der Waals surface area contributed by atoms with Gasteiger partial charge >= 0.3 is 0 Å². The Morgan fingerprint density at radius 1 is 1.21 bits per heavy atom. The van der Waals surface area contributed by atoms with Gasteiger partial charge in [0.05, 0.1) is 11.3 Å². The lowest BCUT2D eigenvalue weighted by molar-refractivity contribution is -0.124. The predicted molar refractivity (Wildman–Crippen MR) is 90.9 cm³/mol. The van der Waals surface area contributed by atoms with Gasteiger partial charge in [0.1, 0.15) is 5.76 Å². The number of aliphatic hydroxyl groups excluding tert-OH is 1. The van der Waals surface area contributed by atoms with Gasteiger partial charge in [-0.05, 0) is 38.2 Å². The summed E-state index contributed by atoms with van der Waals surface area (Å²) in [6.07, 6.45) is 2.32. The fourth-order valence-electron chi connectivity index (χ4n) is 3.76. The van der Waals surface area contributed by atoms with E-state index in [4.69, 9.17) is 0 Å². The number of hydrogen-bond acceptors (Lipinski definition) is 4. The molecule has 0 radical (unpaired) electrons. The Balaban J connectivity index is 1.88. The van der Waals surface area contributed by atoms with Crippen molar-refractivity contribution in [2.75, 3.05) is 0 Å². The molecule has 2 fully saturated rings. The summed E-state index contributed by atoms with van der Waals surface area (Å²) in [5.74, 6) is -0.00149. The first-order valence-electron chi connectivity index (χ1n) is 8.83. The van der Waals surface area contributed by atoms with Crippen LogP contribution in [0.1, 0.15) is 62.4 Å². The van der Waals surface area contributed by atoms with Crippen LogP contribution in [0, 0.1) is 25.7 Å². The Morgan fingerprint density at radius 2 is 1.79 bits per heavy atom. The van der Waals surface area contributed by atoms with Gasteiger partial charge < -0.3 is 5.11 Å². The highest BCUT2D eigenvalue weighted by Crippen LogP contribution is 2.41. The molecule has 2 aliphatic rings. The van der Waals surface area contributed by atoms with Gasteiger partial charge in [-0.15, -0.1) is 0 Å². The predicted octanol–water partition coefficient (Wildman–Crippen LogP) is 3.39. The Labute approximate surface area is 142 Å². The van der Waals surface area contributed by atoms with Crippen LogP contribution in [0.25, 0.3) is 0 Å². The van der Waals surface area contributed by atoms with E-state index in [0.29, 0.717) is 5.92 Å². The van der Waals surface area contributed by atoms with Gasteiger partial charge in [-0.1, -0.05) is 13.8 Å². The molecule has 0 saturated heterocycles. The largest absolute Gasteiger partial charge is 0.511 e. The Kier molecular flexibility index (Phi) is 4.37. The smallest absolute Gasteiger partial charge is 0.170 e. The van der Waals surface area contributed by atoms with E-state index in [9.17, 15) is 14.7 Å². The van der Waals surface area contributed by atoms with Crippen molar-refractivity contribution in [3.8, 4) is 0 Å². The minimum absolute atomic E-state index is 0.0294. The summed E-state index contributed by atoms with van der Waals surface area (Å²) >= 11 is 0. The van der Waals surface area contributed by atoms with Gasteiger partial charge in [0.25, 0.3) is 0 Å². The summed E-state index contributed by atoms with van der Waals surface area (Å²) in [5.41, 5.74) is 3.05. The second-order valence-electron chi connectivity index (χ2n) is 7.65. The number of nitrogens with zero attached hydrogens (tertiary/aromatic N) is 2. The minimum atomic E-state index is -0.212. The molecule has 5 nitrogen and oxygen atoms in total. The van der Waals surface area contributed by atoms with Crippen LogP contribution in [0.15, 0.2) is 11.3 Å². The molecule has 24 heavy (non-hydrogen) atoms. The third kappa shape index (κ3) is 3.04. The lowest BCUT2D eigenvalue weighted by Gasteiger charge is -2.23. The molecule has 130 valence electrons. The highest BCUT2D eigenvalue weighted by Gasteiger charge is 2.39. The molecule has 1 aromatic rings. The molecule has 2 aliphatic carbocycles. The zero-order valence-electron chi connectivity index (χ0n) is 14.9. The molecular formula is C19H26N2O3. The van der Waals surface area contributed by atoms with Gasteiger partial charge in [0, 0.05) is 36.9 Å². The van der Waals surface area contributed by atoms with Crippen molar-refractivity contribution in [2.45, 2.75) is 65.8 Å². The number of ketones is 2. The van der Waals surface area contributed by atoms with Crippen LogP contribution in [-0.2, 0) is 16.1 Å². The van der Waals surface area contributed by atoms with Crippen LogP contribution in [-0.4, -0.2) is 26.5 Å². The monoisotopic (exact) mass is 330 g/mol. The quantitative estimate of drug-likeness (QED) is 0.522. The minimum Gasteiger partial charge on any atom is -0.511 e. The lowest BCUT2D eigenvalue weighted by Crippen LogP contribution is -2.27. The van der Waals surface area contributed by atoms with E-state index >= 15 is 0 Å². The van der Waals surface area contributed by atoms with E-state index < -0.39 is 0 Å². The Bertz CT molecular complexity index is 703. The molecule has 2 saturated carbocycles. The highest BCUT2D eigenvalue weighted by atomic mass is 16.3. The fraction of sp³-hybridized carbons (Fsp3) is 0.632. The number of aromatic nitrogens is 2. The van der Waals surface area contributed by atoms with E-state index in [1.165, 1.54) is 0 Å². The maximum atomic E-state index is 12.5. The number of hydrogen-bond donors (Lipinski definition) is 1. The summed E-state index contributed by atoms with van der Waals surface area (Å²) in [7, 11) is 0. The van der Waals surface area contributed by atoms with Crippen molar-refractivity contribution in [3.05, 3.63) is 28.3 Å². The van der Waals surface area contributed by atoms with Crippen molar-refractivity contribution < 1.29 is 14.7 Å². The summed E-state index contributed by atoms with van der Waals surface area (Å²) < 4.78 is 1.98. The summed E-state index contributed by atoms with van der Waals surface area (Å²) in [6, 6.07) is 0. The Hall–Kier alpha value is -1.91. The molecule has 0 amide bonds. The molecule has 5 heteroatoms. The first-order chi connectivity index (χ1) is 11.3. The van der Waals surface area contributed by atoms with Crippen molar-refractivity contribution in [3.63, 3.8) is 0 Å². The van der Waals surface area contributed by atoms with E-state index in [-0.39, 0.29) is 47.6 Å². The molecule has 0 unspecified atom stereocenters. The molecule has 0 spiro atoms. The number of allylic oxidation sites excluding steroid dienone is 2. The van der Waals surface area contributed by atoms with Crippen molar-refractivity contribution in [2.24, 2.45) is 11.8 Å². The molecule has 0 atom stereocenters. The van der Waals surface area contributed by atoms with Crippen LogP contribution < -0.4 is 0 Å². The third-order valence-corrected chi connectivity index (χ3v) is 5.03. The maximum Gasteiger partial charge on any atom is 0.170 e. The second-order valence-corrected chi connectivity index (χ2v) is 7.65. The molecule has 0 bridgehead atoms. The summed E-state index contributed by atoms with van der Waals surface area (Å²) in [5, 5.41) is 14.7. The van der Waals surface area contributed by atoms with Gasteiger partial charge in [-0.3, -0.25) is 14.3 Å². The molecule has 1 N–H and O–H groups in total. The van der Waals surface area contributed by atoms with Gasteiger partial charge in [0.2, 0.25) is 0 Å². The molecule has 1 heterocycles. The zero-order chi connectivity index (χ0) is 17.6. The number of carbonyl (C=O) groups excluding carboxylic acids is 2. The first kappa shape index (κ1) is 16.9. The van der Waals surface area contributed by atoms with Gasteiger partial charge in [-0.25, -0.2) is 0 Å². The van der Waals surface area contributed by atoms with Crippen LogP contribution in [0.5, 0.6) is 0 Å². The third-order valence-electron chi connectivity index (χ3n) is 5.03. The topological polar surface area (TPSA) is 72.2 Å². The number of rotatable bonds is 4. The van der Waals surface area contributed by atoms with E-state index in [0.717, 1.165) is 36.3 Å². The molecule has 1 aromatic heterocycles. The zero-order valence-corrected chi connectivity index (χ0v) is 14.9. The van der Waals surface area contributed by atoms with Crippen LogP contribution in [0.4, 0.5) is 0 Å². The fourth-order valence-corrected chi connectivity index (χ4v) is 3.76. The molecular weight excluding hydrogens is 304 g/mol. The lowest BCUT2D eigenvalue weighted by atomic mass is 9.78. The van der Waals surface area contributed by atoms with Crippen LogP contribution in [0.2, 0.25) is 0 Å². The molecule has 3 rings (SSSR count). The number of carbonyl (C=O) groups is 2. The normalized spacial score (nSPS) is 21.7. The number of aryl methyl sites for hydroxylation is 1. The average Bonchev–Trinajstić information content (AvgIpc) is 3.26. The van der Waals surface area contributed by atoms with Crippen LogP contribution in [0.3, 0.4) is 0 Å². The Morgan fingerprint density at radius 3 is 2.29 bits per heavy atom. The van der Waals surface area contributed by atoms with Crippen molar-refractivity contribution in [1.82, 2.24) is 9.78 Å². The van der Waals surface area contributed by atoms with Crippen molar-refractivity contribution in [1.29, 1.82) is 0 Å². The standard InChI is InChI=1S/C19H26N2O3/c1-10(2)9-21-12(4)17(11(3)20-21)14-7-15(22)18(16(23)8-14)19(24)13-5-6-13/h10,13-14,24H,5-9H2,1-4H3. The summed E-state index contributed by atoms with van der Waals surface area (Å²) in [4.78, 5) is 25.0. The van der Waals surface area contributed by atoms with E-state index in [2.05, 4.69) is 18.9 Å². The molecule has 0 aliphatic heterocycles. The van der Waals surface area contributed by atoms with E-state index in [1.807, 2.05) is 18.5 Å². The van der Waals surface area contributed by atoms with Gasteiger partial charge in [-0.2, -0.15) is 5.10 Å². The van der Waals surface area contributed by atoms with E-state index in [1.54, 1.807) is 0 Å². The SMILES string of the molecule is Cc1nn(CC(C)C)c(C)c1C1CC(=O)C(=C(O)C2CC2)C(=O)C1. The number of Topliss-reactive ketones (excluding diaryl/α,β-unsaturated/α-hetero) is 2. The summed E-state index contributed by atoms with van der Waals surface area (Å²) in [6.45, 7) is 9.07. The van der Waals surface area contributed by atoms with Gasteiger partial charge in [0.15, 0.2) is 11.6 Å². The maximum absolute atomic E-state index is 12.5.